The molecule has 0 aliphatic heterocycles. The second-order valence-corrected chi connectivity index (χ2v) is 6.69. The average Bonchev–Trinajstić information content (AvgIpc) is 2.48. The van der Waals surface area contributed by atoms with E-state index >= 15 is 0 Å². The van der Waals surface area contributed by atoms with Crippen molar-refractivity contribution in [2.24, 2.45) is 0 Å². The number of nitrogens with zero attached hydrogens (tertiary/aromatic N) is 2. The van der Waals surface area contributed by atoms with E-state index in [9.17, 15) is 5.11 Å². The molecule has 0 aliphatic rings. The molecule has 0 saturated heterocycles. The SMILES string of the molecule is CCN(CC)CCC(O)(CCN(CC)CC)C(C)Cl.O=[P+](O)O. The van der Waals surface area contributed by atoms with Gasteiger partial charge in [-0.25, -0.2) is 0 Å². The van der Waals surface area contributed by atoms with E-state index in [1.165, 1.54) is 0 Å². The van der Waals surface area contributed by atoms with E-state index in [0.717, 1.165) is 52.1 Å². The Labute approximate surface area is 147 Å². The molecule has 0 aliphatic carbocycles. The molecule has 0 heterocycles. The number of hydrogen-bond acceptors (Lipinski definition) is 4. The van der Waals surface area contributed by atoms with E-state index in [2.05, 4.69) is 37.5 Å². The van der Waals surface area contributed by atoms with Gasteiger partial charge in [0.25, 0.3) is 0 Å². The van der Waals surface area contributed by atoms with Crippen LogP contribution in [-0.2, 0) is 4.57 Å². The first-order valence-corrected chi connectivity index (χ1v) is 9.92. The Balaban J connectivity index is 0. The second kappa shape index (κ2) is 14.5. The summed E-state index contributed by atoms with van der Waals surface area (Å²) in [5.74, 6) is 0. The van der Waals surface area contributed by atoms with Crippen LogP contribution in [0.5, 0.6) is 0 Å². The first-order valence-electron chi connectivity index (χ1n) is 8.32. The number of alkyl halides is 1. The summed E-state index contributed by atoms with van der Waals surface area (Å²) in [6.07, 6.45) is 1.50. The lowest BCUT2D eigenvalue weighted by molar-refractivity contribution is 0.00594. The molecule has 140 valence electrons. The molecule has 0 amide bonds. The summed E-state index contributed by atoms with van der Waals surface area (Å²) in [5.41, 5.74) is -0.757. The number of rotatable bonds is 11. The zero-order chi connectivity index (χ0) is 18.5. The Morgan fingerprint density at radius 3 is 1.39 bits per heavy atom. The normalized spacial score (nSPS) is 13.0. The van der Waals surface area contributed by atoms with Crippen molar-refractivity contribution in [1.82, 2.24) is 9.80 Å². The van der Waals surface area contributed by atoms with Crippen LogP contribution in [0.3, 0.4) is 0 Å². The molecule has 0 radical (unpaired) electrons. The monoisotopic (exact) mass is 373 g/mol. The fraction of sp³-hybridized carbons (Fsp3) is 1.00. The molecule has 6 nitrogen and oxygen atoms in total. The molecule has 1 atom stereocenters. The zero-order valence-electron chi connectivity index (χ0n) is 15.2. The fourth-order valence-electron chi connectivity index (χ4n) is 2.31. The zero-order valence-corrected chi connectivity index (χ0v) is 16.9. The summed E-state index contributed by atoms with van der Waals surface area (Å²) in [4.78, 5) is 18.9. The minimum absolute atomic E-state index is 0.210. The first kappa shape index (κ1) is 25.4. The minimum Gasteiger partial charge on any atom is -0.388 e. The van der Waals surface area contributed by atoms with Crippen LogP contribution in [0.4, 0.5) is 0 Å². The van der Waals surface area contributed by atoms with Gasteiger partial charge in [0.05, 0.1) is 11.0 Å². The highest BCUT2D eigenvalue weighted by molar-refractivity contribution is 7.30. The maximum atomic E-state index is 10.8. The van der Waals surface area contributed by atoms with Crippen LogP contribution in [0.25, 0.3) is 0 Å². The van der Waals surface area contributed by atoms with Gasteiger partial charge < -0.3 is 14.9 Å². The van der Waals surface area contributed by atoms with Gasteiger partial charge in [-0.2, -0.15) is 0 Å². The van der Waals surface area contributed by atoms with Gasteiger partial charge in [0.2, 0.25) is 0 Å². The second-order valence-electron chi connectivity index (χ2n) is 5.53. The van der Waals surface area contributed by atoms with Crippen LogP contribution >= 0.6 is 19.9 Å². The van der Waals surface area contributed by atoms with Gasteiger partial charge in [-0.3, -0.25) is 0 Å². The molecular weight excluding hydrogens is 339 g/mol. The molecule has 0 rings (SSSR count). The van der Waals surface area contributed by atoms with Gasteiger partial charge in [0, 0.05) is 17.7 Å². The summed E-state index contributed by atoms with van der Waals surface area (Å²) in [5, 5.41) is 10.6. The largest absolute Gasteiger partial charge is 0.692 e. The van der Waals surface area contributed by atoms with E-state index in [1.807, 2.05) is 6.92 Å². The quantitative estimate of drug-likeness (QED) is 0.381. The third-order valence-corrected chi connectivity index (χ3v) is 4.66. The molecule has 0 bridgehead atoms. The third kappa shape index (κ3) is 13.2. The van der Waals surface area contributed by atoms with Crippen LogP contribution in [-0.4, -0.2) is 74.9 Å². The average molecular weight is 374 g/mol. The van der Waals surface area contributed by atoms with E-state index in [-0.39, 0.29) is 5.38 Å². The van der Waals surface area contributed by atoms with Gasteiger partial charge in [-0.05, 0) is 45.9 Å². The van der Waals surface area contributed by atoms with Crippen molar-refractivity contribution in [1.29, 1.82) is 0 Å². The molecule has 1 unspecified atom stereocenters. The molecule has 8 heteroatoms. The lowest BCUT2D eigenvalue weighted by Gasteiger charge is -2.34. The van der Waals surface area contributed by atoms with Crippen molar-refractivity contribution < 1.29 is 19.5 Å². The molecule has 0 aromatic rings. The van der Waals surface area contributed by atoms with Crippen LogP contribution in [0.15, 0.2) is 0 Å². The Morgan fingerprint density at radius 2 is 1.22 bits per heavy atom. The highest BCUT2D eigenvalue weighted by atomic mass is 35.5. The van der Waals surface area contributed by atoms with Crippen molar-refractivity contribution in [2.75, 3.05) is 39.3 Å². The predicted octanol–water partition coefficient (Wildman–Crippen LogP) is 2.44. The highest BCUT2D eigenvalue weighted by Gasteiger charge is 2.32. The standard InChI is InChI=1S/C15H33ClN2O.HO3P/c1-6-17(7-2)12-10-15(19,14(5)16)11-13-18(8-3)9-4;1-4(2)3/h14,19H,6-13H2,1-5H3;(H-,1,2,3)/p+1. The van der Waals surface area contributed by atoms with Gasteiger partial charge in [-0.1, -0.05) is 27.7 Å². The maximum Gasteiger partial charge on any atom is 0.692 e. The van der Waals surface area contributed by atoms with Gasteiger partial charge in [0.1, 0.15) is 0 Å². The van der Waals surface area contributed by atoms with Crippen LogP contribution in [0, 0.1) is 0 Å². The van der Waals surface area contributed by atoms with E-state index < -0.39 is 13.9 Å². The Hall–Kier alpha value is 0.190. The van der Waals surface area contributed by atoms with E-state index in [0.29, 0.717) is 0 Å². The highest BCUT2D eigenvalue weighted by Crippen LogP contribution is 2.25. The lowest BCUT2D eigenvalue weighted by atomic mass is 9.91. The maximum absolute atomic E-state index is 10.8. The van der Waals surface area contributed by atoms with E-state index in [1.54, 1.807) is 0 Å². The van der Waals surface area contributed by atoms with Gasteiger partial charge in [-0.15, -0.1) is 21.4 Å². The van der Waals surface area contributed by atoms with Crippen molar-refractivity contribution in [2.45, 2.75) is 58.4 Å². The Morgan fingerprint density at radius 1 is 0.957 bits per heavy atom. The predicted molar refractivity (Wildman–Crippen MR) is 97.1 cm³/mol. The van der Waals surface area contributed by atoms with Crippen molar-refractivity contribution in [3.8, 4) is 0 Å². The Bertz CT molecular complexity index is 281. The topological polar surface area (TPSA) is 84.2 Å². The van der Waals surface area contributed by atoms with Crippen LogP contribution < -0.4 is 0 Å². The van der Waals surface area contributed by atoms with Crippen LogP contribution in [0.2, 0.25) is 0 Å². The molecule has 0 aromatic heterocycles. The summed E-state index contributed by atoms with van der Waals surface area (Å²) >= 11 is 6.24. The fourth-order valence-corrected chi connectivity index (χ4v) is 2.52. The van der Waals surface area contributed by atoms with Crippen molar-refractivity contribution in [3.05, 3.63) is 0 Å². The molecule has 23 heavy (non-hydrogen) atoms. The van der Waals surface area contributed by atoms with Gasteiger partial charge in [0.15, 0.2) is 0 Å². The summed E-state index contributed by atoms with van der Waals surface area (Å²) in [7, 11) is -2.87. The van der Waals surface area contributed by atoms with Crippen molar-refractivity contribution >= 4 is 19.9 Å². The third-order valence-electron chi connectivity index (χ3n) is 4.25. The minimum atomic E-state index is -2.87. The smallest absolute Gasteiger partial charge is 0.388 e. The molecule has 0 aromatic carbocycles. The molecular formula is C15H35ClN2O4P+. The summed E-state index contributed by atoms with van der Waals surface area (Å²) in [6.45, 7) is 16.5. The van der Waals surface area contributed by atoms with Crippen molar-refractivity contribution in [3.63, 3.8) is 0 Å². The first-order chi connectivity index (χ1) is 10.7. The molecule has 0 spiro atoms. The Kier molecular flexibility index (Phi) is 16.1. The number of hydrogen-bond donors (Lipinski definition) is 3. The van der Waals surface area contributed by atoms with Gasteiger partial charge >= 0.3 is 8.25 Å². The lowest BCUT2D eigenvalue weighted by Crippen LogP contribution is -2.44. The van der Waals surface area contributed by atoms with E-state index in [4.69, 9.17) is 26.0 Å². The molecule has 0 fully saturated rings. The number of halogens is 1. The summed E-state index contributed by atoms with van der Waals surface area (Å²) < 4.78 is 8.70. The molecule has 0 saturated carbocycles. The van der Waals surface area contributed by atoms with Crippen LogP contribution in [0.1, 0.15) is 47.5 Å². The number of aliphatic hydroxyl groups is 1. The summed E-state index contributed by atoms with van der Waals surface area (Å²) in [6, 6.07) is 0. The molecule has 3 N–H and O–H groups in total.